The van der Waals surface area contributed by atoms with Crippen molar-refractivity contribution in [2.45, 2.75) is 18.1 Å². The average Bonchev–Trinajstić information content (AvgIpc) is 2.33. The smallest absolute Gasteiger partial charge is 0.451 e. The zero-order chi connectivity index (χ0) is 16.5. The summed E-state index contributed by atoms with van der Waals surface area (Å²) in [4.78, 5) is 9.66. The lowest BCUT2D eigenvalue weighted by Gasteiger charge is -2.39. The van der Waals surface area contributed by atoms with Crippen LogP contribution in [0.4, 0.5) is 36.4 Å². The van der Waals surface area contributed by atoms with Crippen molar-refractivity contribution in [2.24, 2.45) is 0 Å². The molecule has 1 N–H and O–H groups in total. The topological polar surface area (TPSA) is 40.5 Å². The molecule has 0 aliphatic heterocycles. The maximum atomic E-state index is 13.9. The number of halogens is 7. The second-order valence-electron chi connectivity index (χ2n) is 3.93. The van der Waals surface area contributed by atoms with Gasteiger partial charge in [0.25, 0.3) is 0 Å². The predicted octanol–water partition coefficient (Wildman–Crippen LogP) is 3.37. The Labute approximate surface area is 113 Å². The van der Waals surface area contributed by atoms with Crippen molar-refractivity contribution in [3.05, 3.63) is 30.3 Å². The largest absolute Gasteiger partial charge is 0.480 e. The first-order valence-corrected chi connectivity index (χ1v) is 5.28. The van der Waals surface area contributed by atoms with E-state index in [2.05, 4.69) is 0 Å². The molecule has 0 heterocycles. The molecule has 0 fully saturated rings. The third kappa shape index (κ3) is 3.19. The number of carboxylic acids is 1. The third-order valence-electron chi connectivity index (χ3n) is 2.48. The first-order valence-electron chi connectivity index (χ1n) is 5.28. The number of nitrogens with zero attached hydrogens (tertiary/aromatic N) is 1. The van der Waals surface area contributed by atoms with Crippen LogP contribution < -0.4 is 4.90 Å². The van der Waals surface area contributed by atoms with Gasteiger partial charge in [-0.2, -0.15) is 30.7 Å². The molecule has 118 valence electrons. The maximum absolute atomic E-state index is 13.9. The van der Waals surface area contributed by atoms with Crippen LogP contribution in [-0.4, -0.2) is 35.8 Å². The second-order valence-corrected chi connectivity index (χ2v) is 3.93. The van der Waals surface area contributed by atoms with Crippen LogP contribution in [-0.2, 0) is 4.79 Å². The predicted molar refractivity (Wildman–Crippen MR) is 57.4 cm³/mol. The van der Waals surface area contributed by atoms with E-state index in [0.717, 1.165) is 24.3 Å². The zero-order valence-corrected chi connectivity index (χ0v) is 10.0. The number of aliphatic carboxylic acids is 1. The third-order valence-corrected chi connectivity index (χ3v) is 2.48. The number of carbonyl (C=O) groups is 1. The number of alkyl halides is 7. The molecule has 0 unspecified atom stereocenters. The van der Waals surface area contributed by atoms with Gasteiger partial charge in [0.2, 0.25) is 0 Å². The van der Waals surface area contributed by atoms with Gasteiger partial charge in [-0.3, -0.25) is 4.79 Å². The quantitative estimate of drug-likeness (QED) is 0.683. The number of hydrogen-bond donors (Lipinski definition) is 1. The van der Waals surface area contributed by atoms with Gasteiger partial charge in [-0.05, 0) is 12.1 Å². The van der Waals surface area contributed by atoms with Gasteiger partial charge in [-0.25, -0.2) is 0 Å². The van der Waals surface area contributed by atoms with Crippen LogP contribution in [0.15, 0.2) is 30.3 Å². The van der Waals surface area contributed by atoms with E-state index in [1.54, 1.807) is 0 Å². The minimum Gasteiger partial charge on any atom is -0.480 e. The van der Waals surface area contributed by atoms with E-state index in [1.165, 1.54) is 6.07 Å². The molecule has 1 aromatic carbocycles. The van der Waals surface area contributed by atoms with Crippen molar-refractivity contribution < 1.29 is 40.6 Å². The van der Waals surface area contributed by atoms with E-state index in [-0.39, 0.29) is 0 Å². The lowest BCUT2D eigenvalue weighted by atomic mass is 10.1. The molecule has 3 nitrogen and oxygen atoms in total. The Balaban J connectivity index is 3.50. The van der Waals surface area contributed by atoms with E-state index in [9.17, 15) is 35.5 Å². The van der Waals surface area contributed by atoms with Crippen molar-refractivity contribution in [1.82, 2.24) is 0 Å². The van der Waals surface area contributed by atoms with Crippen molar-refractivity contribution in [3.8, 4) is 0 Å². The summed E-state index contributed by atoms with van der Waals surface area (Å²) >= 11 is 0. The molecular weight excluding hydrogens is 311 g/mol. The Bertz CT molecular complexity index is 484. The highest BCUT2D eigenvalue weighted by atomic mass is 19.4. The van der Waals surface area contributed by atoms with Crippen LogP contribution in [0.3, 0.4) is 0 Å². The molecule has 0 aliphatic rings. The number of rotatable bonds is 4. The molecule has 0 atom stereocenters. The minimum absolute atomic E-state index is 0.745. The summed E-state index contributed by atoms with van der Waals surface area (Å²) < 4.78 is 89.9. The molecule has 0 bridgehead atoms. The van der Waals surface area contributed by atoms with Crippen LogP contribution in [0.2, 0.25) is 0 Å². The molecule has 0 aliphatic carbocycles. The van der Waals surface area contributed by atoms with Crippen LogP contribution in [0.5, 0.6) is 0 Å². The van der Waals surface area contributed by atoms with Crippen LogP contribution in [0.25, 0.3) is 0 Å². The van der Waals surface area contributed by atoms with Crippen molar-refractivity contribution in [2.75, 3.05) is 11.4 Å². The second kappa shape index (κ2) is 5.41. The van der Waals surface area contributed by atoms with Gasteiger partial charge in [0.15, 0.2) is 0 Å². The van der Waals surface area contributed by atoms with Crippen molar-refractivity contribution in [1.29, 1.82) is 0 Å². The molecule has 21 heavy (non-hydrogen) atoms. The molecule has 10 heteroatoms. The highest BCUT2D eigenvalue weighted by Gasteiger charge is 2.76. The van der Waals surface area contributed by atoms with Gasteiger partial charge in [0, 0.05) is 5.69 Å². The summed E-state index contributed by atoms with van der Waals surface area (Å²) in [6.45, 7) is -1.82. The minimum atomic E-state index is -6.38. The highest BCUT2D eigenvalue weighted by Crippen LogP contribution is 2.49. The molecule has 1 rings (SSSR count). The van der Waals surface area contributed by atoms with Gasteiger partial charge in [-0.15, -0.1) is 0 Å². The Morgan fingerprint density at radius 3 is 1.71 bits per heavy atom. The van der Waals surface area contributed by atoms with Crippen LogP contribution in [0.1, 0.15) is 0 Å². The lowest BCUT2D eigenvalue weighted by Crippen LogP contribution is -2.66. The van der Waals surface area contributed by atoms with E-state index in [1.807, 2.05) is 0 Å². The molecule has 0 saturated carbocycles. The SMILES string of the molecule is O=C(O)CN(c1ccccc1)C(F)(C(F)(F)F)C(F)(F)F. The molecule has 0 spiro atoms. The van der Waals surface area contributed by atoms with E-state index in [4.69, 9.17) is 5.11 Å². The fourth-order valence-corrected chi connectivity index (χ4v) is 1.59. The molecule has 0 aromatic heterocycles. The van der Waals surface area contributed by atoms with Gasteiger partial charge < -0.3 is 10.0 Å². The summed E-state index contributed by atoms with van der Waals surface area (Å²) in [5.41, 5.74) is -0.864. The first-order chi connectivity index (χ1) is 9.41. The van der Waals surface area contributed by atoms with E-state index in [0.29, 0.717) is 0 Å². The summed E-state index contributed by atoms with van der Waals surface area (Å²) in [5, 5.41) is 8.50. The van der Waals surface area contributed by atoms with E-state index >= 15 is 0 Å². The fourth-order valence-electron chi connectivity index (χ4n) is 1.59. The number of benzene rings is 1. The Morgan fingerprint density at radius 2 is 1.38 bits per heavy atom. The number of carboxylic acid groups (broad SMARTS) is 1. The standard InChI is InChI=1S/C11H8F7NO2/c12-9(10(13,14)15,11(16,17)18)19(6-8(20)21)7-4-2-1-3-5-7/h1-5H,6H2,(H,20,21). The summed E-state index contributed by atoms with van der Waals surface area (Å²) in [6.07, 6.45) is -12.8. The molecule has 0 radical (unpaired) electrons. The fraction of sp³-hybridized carbons (Fsp3) is 0.364. The lowest BCUT2D eigenvalue weighted by molar-refractivity contribution is -0.340. The Hall–Kier alpha value is -2.00. The van der Waals surface area contributed by atoms with Crippen molar-refractivity contribution >= 4 is 11.7 Å². The number of hydrogen-bond acceptors (Lipinski definition) is 2. The molecule has 0 saturated heterocycles. The molecule has 1 aromatic rings. The van der Waals surface area contributed by atoms with E-state index < -0.39 is 41.2 Å². The molecule has 0 amide bonds. The molecular formula is C11H8F7NO2. The average molecular weight is 319 g/mol. The number of anilines is 1. The zero-order valence-electron chi connectivity index (χ0n) is 10.0. The summed E-state index contributed by atoms with van der Waals surface area (Å²) in [6, 6.07) is 4.86. The normalized spacial score (nSPS) is 13.1. The highest BCUT2D eigenvalue weighted by molar-refractivity contribution is 5.74. The van der Waals surface area contributed by atoms with Crippen LogP contribution >= 0.6 is 0 Å². The first kappa shape index (κ1) is 17.1. The summed E-state index contributed by atoms with van der Waals surface area (Å²) in [7, 11) is 0. The Morgan fingerprint density at radius 1 is 0.952 bits per heavy atom. The van der Waals surface area contributed by atoms with Crippen molar-refractivity contribution in [3.63, 3.8) is 0 Å². The Kier molecular flexibility index (Phi) is 4.40. The maximum Gasteiger partial charge on any atom is 0.451 e. The van der Waals surface area contributed by atoms with Gasteiger partial charge in [-0.1, -0.05) is 18.2 Å². The van der Waals surface area contributed by atoms with Crippen LogP contribution in [0, 0.1) is 0 Å². The van der Waals surface area contributed by atoms with Gasteiger partial charge in [0.1, 0.15) is 6.54 Å². The van der Waals surface area contributed by atoms with Gasteiger partial charge in [0.05, 0.1) is 0 Å². The number of para-hydroxylation sites is 1. The van der Waals surface area contributed by atoms with Gasteiger partial charge >= 0.3 is 24.1 Å². The monoisotopic (exact) mass is 319 g/mol. The summed E-state index contributed by atoms with van der Waals surface area (Å²) in [5.74, 6) is -7.87.